The average molecular weight is 316 g/mol. The predicted molar refractivity (Wildman–Crippen MR) is 85.7 cm³/mol. The van der Waals surface area contributed by atoms with E-state index in [0.29, 0.717) is 18.0 Å². The lowest BCUT2D eigenvalue weighted by Crippen LogP contribution is -2.28. The van der Waals surface area contributed by atoms with Crippen LogP contribution in [0.2, 0.25) is 0 Å². The monoisotopic (exact) mass is 316 g/mol. The number of amides is 1. The van der Waals surface area contributed by atoms with Crippen LogP contribution >= 0.6 is 0 Å². The molecular formula is C17H17FN2O3. The van der Waals surface area contributed by atoms with Crippen LogP contribution in [0.25, 0.3) is 0 Å². The molecule has 0 spiro atoms. The Morgan fingerprint density at radius 2 is 2.22 bits per heavy atom. The molecule has 0 radical (unpaired) electrons. The molecule has 0 aliphatic carbocycles. The minimum atomic E-state index is -0.404. The third-order valence-electron chi connectivity index (χ3n) is 3.51. The van der Waals surface area contributed by atoms with Crippen molar-refractivity contribution in [2.24, 2.45) is 0 Å². The molecule has 0 bridgehead atoms. The van der Waals surface area contributed by atoms with Crippen molar-refractivity contribution < 1.29 is 18.7 Å². The maximum atomic E-state index is 13.0. The molecule has 0 fully saturated rings. The van der Waals surface area contributed by atoms with Crippen LogP contribution < -0.4 is 19.7 Å². The Labute approximate surface area is 133 Å². The van der Waals surface area contributed by atoms with E-state index in [1.54, 1.807) is 12.1 Å². The SMILES string of the molecule is CN1CCOc2cc(NC(=O)COc3cccc(F)c3)ccc21. The summed E-state index contributed by atoms with van der Waals surface area (Å²) in [4.78, 5) is 14.0. The number of hydrogen-bond acceptors (Lipinski definition) is 4. The van der Waals surface area contributed by atoms with E-state index in [4.69, 9.17) is 9.47 Å². The quantitative estimate of drug-likeness (QED) is 0.942. The molecule has 0 aromatic heterocycles. The van der Waals surface area contributed by atoms with Crippen molar-refractivity contribution in [2.45, 2.75) is 0 Å². The Morgan fingerprint density at radius 1 is 1.35 bits per heavy atom. The lowest BCUT2D eigenvalue weighted by atomic mass is 10.2. The standard InChI is InChI=1S/C17H17FN2O3/c1-20-7-8-22-16-10-13(5-6-15(16)20)19-17(21)11-23-14-4-2-3-12(18)9-14/h2-6,9-10H,7-8,11H2,1H3,(H,19,21). The maximum Gasteiger partial charge on any atom is 0.262 e. The van der Waals surface area contributed by atoms with Gasteiger partial charge in [-0.15, -0.1) is 0 Å². The molecule has 5 nitrogen and oxygen atoms in total. The molecule has 0 atom stereocenters. The van der Waals surface area contributed by atoms with Gasteiger partial charge in [-0.25, -0.2) is 4.39 Å². The van der Waals surface area contributed by atoms with Gasteiger partial charge in [-0.3, -0.25) is 4.79 Å². The zero-order valence-electron chi connectivity index (χ0n) is 12.7. The number of benzene rings is 2. The first-order chi connectivity index (χ1) is 11.1. The zero-order chi connectivity index (χ0) is 16.2. The van der Waals surface area contributed by atoms with Gasteiger partial charge in [0.05, 0.1) is 12.2 Å². The van der Waals surface area contributed by atoms with Crippen molar-refractivity contribution in [2.75, 3.05) is 37.0 Å². The highest BCUT2D eigenvalue weighted by Gasteiger charge is 2.15. The van der Waals surface area contributed by atoms with Crippen molar-refractivity contribution >= 4 is 17.3 Å². The van der Waals surface area contributed by atoms with Crippen LogP contribution in [0.3, 0.4) is 0 Å². The van der Waals surface area contributed by atoms with Gasteiger partial charge in [-0.2, -0.15) is 0 Å². The number of nitrogens with zero attached hydrogens (tertiary/aromatic N) is 1. The van der Waals surface area contributed by atoms with E-state index in [0.717, 1.165) is 18.0 Å². The number of carbonyl (C=O) groups is 1. The number of rotatable bonds is 4. The number of nitrogens with one attached hydrogen (secondary N) is 1. The summed E-state index contributed by atoms with van der Waals surface area (Å²) >= 11 is 0. The molecule has 120 valence electrons. The topological polar surface area (TPSA) is 50.8 Å². The number of ether oxygens (including phenoxy) is 2. The van der Waals surface area contributed by atoms with E-state index in [9.17, 15) is 9.18 Å². The van der Waals surface area contributed by atoms with E-state index < -0.39 is 5.82 Å². The number of hydrogen-bond donors (Lipinski definition) is 1. The van der Waals surface area contributed by atoms with Gasteiger partial charge in [0.1, 0.15) is 23.9 Å². The largest absolute Gasteiger partial charge is 0.489 e. The van der Waals surface area contributed by atoms with Crippen LogP contribution in [0.15, 0.2) is 42.5 Å². The first-order valence-electron chi connectivity index (χ1n) is 7.28. The van der Waals surface area contributed by atoms with Gasteiger partial charge in [0.25, 0.3) is 5.91 Å². The summed E-state index contributed by atoms with van der Waals surface area (Å²) in [5.74, 6) is 0.329. The van der Waals surface area contributed by atoms with Crippen molar-refractivity contribution in [3.8, 4) is 11.5 Å². The van der Waals surface area contributed by atoms with Crippen LogP contribution in [0.4, 0.5) is 15.8 Å². The van der Waals surface area contributed by atoms with Crippen LogP contribution in [-0.4, -0.2) is 32.7 Å². The zero-order valence-corrected chi connectivity index (χ0v) is 12.7. The fraction of sp³-hybridized carbons (Fsp3) is 0.235. The van der Waals surface area contributed by atoms with Gasteiger partial charge >= 0.3 is 0 Å². The van der Waals surface area contributed by atoms with Crippen LogP contribution in [0.5, 0.6) is 11.5 Å². The van der Waals surface area contributed by atoms with Crippen molar-refractivity contribution in [3.63, 3.8) is 0 Å². The highest BCUT2D eigenvalue weighted by molar-refractivity contribution is 5.92. The van der Waals surface area contributed by atoms with E-state index in [1.165, 1.54) is 18.2 Å². The molecule has 23 heavy (non-hydrogen) atoms. The molecule has 0 saturated carbocycles. The van der Waals surface area contributed by atoms with Gasteiger partial charge in [-0.05, 0) is 24.3 Å². The molecule has 0 unspecified atom stereocenters. The number of halogens is 1. The molecule has 1 aliphatic heterocycles. The molecule has 1 aliphatic rings. The van der Waals surface area contributed by atoms with Gasteiger partial charge < -0.3 is 19.7 Å². The second kappa shape index (κ2) is 6.56. The summed E-state index contributed by atoms with van der Waals surface area (Å²) in [7, 11) is 1.99. The van der Waals surface area contributed by atoms with Crippen LogP contribution in [-0.2, 0) is 4.79 Å². The Morgan fingerprint density at radius 3 is 3.04 bits per heavy atom. The third-order valence-corrected chi connectivity index (χ3v) is 3.51. The molecule has 1 amide bonds. The van der Waals surface area contributed by atoms with E-state index in [1.807, 2.05) is 19.2 Å². The molecule has 1 heterocycles. The number of likely N-dealkylation sites (N-methyl/N-ethyl adjacent to an activating group) is 1. The summed E-state index contributed by atoms with van der Waals surface area (Å²) in [5, 5.41) is 2.74. The smallest absolute Gasteiger partial charge is 0.262 e. The fourth-order valence-corrected chi connectivity index (χ4v) is 2.34. The molecule has 3 rings (SSSR count). The highest BCUT2D eigenvalue weighted by Crippen LogP contribution is 2.33. The minimum absolute atomic E-state index is 0.193. The predicted octanol–water partition coefficient (Wildman–Crippen LogP) is 2.67. The summed E-state index contributed by atoms with van der Waals surface area (Å²) in [6, 6.07) is 11.2. The number of fused-ring (bicyclic) bond motifs is 1. The third kappa shape index (κ3) is 3.71. The number of anilines is 2. The Hall–Kier alpha value is -2.76. The van der Waals surface area contributed by atoms with E-state index in [2.05, 4.69) is 10.2 Å². The lowest BCUT2D eigenvalue weighted by molar-refractivity contribution is -0.118. The molecule has 0 saturated heterocycles. The van der Waals surface area contributed by atoms with Gasteiger partial charge in [0, 0.05) is 24.9 Å². The average Bonchev–Trinajstić information content (AvgIpc) is 2.53. The minimum Gasteiger partial charge on any atom is -0.489 e. The maximum absolute atomic E-state index is 13.0. The Balaban J connectivity index is 1.60. The van der Waals surface area contributed by atoms with E-state index >= 15 is 0 Å². The molecule has 2 aromatic rings. The first-order valence-corrected chi connectivity index (χ1v) is 7.28. The van der Waals surface area contributed by atoms with Crippen LogP contribution in [0.1, 0.15) is 0 Å². The van der Waals surface area contributed by atoms with Gasteiger partial charge in [0.15, 0.2) is 6.61 Å². The molecule has 2 aromatic carbocycles. The van der Waals surface area contributed by atoms with Crippen molar-refractivity contribution in [1.29, 1.82) is 0 Å². The second-order valence-corrected chi connectivity index (χ2v) is 5.25. The lowest BCUT2D eigenvalue weighted by Gasteiger charge is -2.27. The van der Waals surface area contributed by atoms with Gasteiger partial charge in [0.2, 0.25) is 0 Å². The first kappa shape index (κ1) is 15.1. The molecule has 1 N–H and O–H groups in total. The molecular weight excluding hydrogens is 299 g/mol. The summed E-state index contributed by atoms with van der Waals surface area (Å²) in [6.07, 6.45) is 0. The summed E-state index contributed by atoms with van der Waals surface area (Å²) in [5.41, 5.74) is 1.62. The normalized spacial score (nSPS) is 13.0. The summed E-state index contributed by atoms with van der Waals surface area (Å²) < 4.78 is 23.9. The molecule has 6 heteroatoms. The van der Waals surface area contributed by atoms with Crippen molar-refractivity contribution in [3.05, 3.63) is 48.3 Å². The van der Waals surface area contributed by atoms with Gasteiger partial charge in [-0.1, -0.05) is 6.07 Å². The Kier molecular flexibility index (Phi) is 4.32. The van der Waals surface area contributed by atoms with Crippen LogP contribution in [0, 0.1) is 5.82 Å². The second-order valence-electron chi connectivity index (χ2n) is 5.25. The van der Waals surface area contributed by atoms with Crippen molar-refractivity contribution in [1.82, 2.24) is 0 Å². The summed E-state index contributed by atoms with van der Waals surface area (Å²) in [6.45, 7) is 1.26. The Bertz CT molecular complexity index is 721. The highest BCUT2D eigenvalue weighted by atomic mass is 19.1. The van der Waals surface area contributed by atoms with E-state index in [-0.39, 0.29) is 12.5 Å². The fourth-order valence-electron chi connectivity index (χ4n) is 2.34. The number of carbonyl (C=O) groups excluding carboxylic acids is 1.